The van der Waals surface area contributed by atoms with Crippen molar-refractivity contribution in [2.24, 2.45) is 7.05 Å². The zero-order valence-electron chi connectivity index (χ0n) is 20.5. The molecule has 1 aliphatic heterocycles. The third-order valence-corrected chi connectivity index (χ3v) is 6.63. The molecule has 3 N–H and O–H groups in total. The number of piperazine rings is 1. The smallest absolute Gasteiger partial charge is 0.241 e. The number of amides is 1. The van der Waals surface area contributed by atoms with Crippen LogP contribution in [0.1, 0.15) is 12.6 Å². The van der Waals surface area contributed by atoms with Crippen molar-refractivity contribution in [1.82, 2.24) is 34.5 Å². The number of aryl methyl sites for hydroxylation is 2. The van der Waals surface area contributed by atoms with Crippen LogP contribution in [0.5, 0.6) is 0 Å². The third-order valence-electron chi connectivity index (χ3n) is 6.63. The zero-order chi connectivity index (χ0) is 24.5. The lowest BCUT2D eigenvalue weighted by molar-refractivity contribution is -0.121. The topological polar surface area (TPSA) is 107 Å². The van der Waals surface area contributed by atoms with E-state index < -0.39 is 0 Å². The molecule has 35 heavy (non-hydrogen) atoms. The summed E-state index contributed by atoms with van der Waals surface area (Å²) < 4.78 is 1.75. The van der Waals surface area contributed by atoms with E-state index in [-0.39, 0.29) is 11.9 Å². The molecular formula is C25H31N9O. The fourth-order valence-corrected chi connectivity index (χ4v) is 4.49. The second-order valence-corrected chi connectivity index (χ2v) is 9.13. The Morgan fingerprint density at radius 1 is 1.11 bits per heavy atom. The fourth-order valence-electron chi connectivity index (χ4n) is 4.49. The van der Waals surface area contributed by atoms with Crippen LogP contribution in [-0.2, 0) is 11.8 Å². The summed E-state index contributed by atoms with van der Waals surface area (Å²) in [6.45, 7) is 7.65. The number of nitrogens with zero attached hydrogens (tertiary/aromatic N) is 6. The van der Waals surface area contributed by atoms with Crippen LogP contribution in [0, 0.1) is 6.92 Å². The maximum absolute atomic E-state index is 13.0. The van der Waals surface area contributed by atoms with E-state index in [1.807, 2.05) is 57.6 Å². The summed E-state index contributed by atoms with van der Waals surface area (Å²) in [5, 5.41) is 11.7. The highest BCUT2D eigenvalue weighted by atomic mass is 16.2. The first-order valence-electron chi connectivity index (χ1n) is 11.8. The Morgan fingerprint density at radius 2 is 1.91 bits per heavy atom. The average molecular weight is 474 g/mol. The van der Waals surface area contributed by atoms with Gasteiger partial charge in [-0.3, -0.25) is 14.4 Å². The number of rotatable bonds is 6. The summed E-state index contributed by atoms with van der Waals surface area (Å²) in [4.78, 5) is 30.0. The fraction of sp³-hybridized carbons (Fsp3) is 0.360. The number of fused-ring (bicyclic) bond motifs is 1. The molecule has 4 aromatic rings. The lowest BCUT2D eigenvalue weighted by atomic mass is 10.1. The Morgan fingerprint density at radius 3 is 2.66 bits per heavy atom. The normalized spacial score (nSPS) is 15.9. The molecule has 0 spiro atoms. The molecule has 1 amide bonds. The van der Waals surface area contributed by atoms with Gasteiger partial charge in [0.05, 0.1) is 34.3 Å². The molecule has 1 aromatic carbocycles. The molecule has 1 aliphatic rings. The average Bonchev–Trinajstić information content (AvgIpc) is 3.42. The van der Waals surface area contributed by atoms with E-state index in [0.29, 0.717) is 5.95 Å². The Balaban J connectivity index is 1.37. The van der Waals surface area contributed by atoms with Gasteiger partial charge in [0.1, 0.15) is 0 Å². The molecule has 1 atom stereocenters. The predicted molar refractivity (Wildman–Crippen MR) is 138 cm³/mol. The molecular weight excluding hydrogens is 442 g/mol. The van der Waals surface area contributed by atoms with Gasteiger partial charge >= 0.3 is 0 Å². The number of H-pyrrole nitrogens is 1. The molecule has 0 radical (unpaired) electrons. The van der Waals surface area contributed by atoms with E-state index in [2.05, 4.69) is 42.5 Å². The summed E-state index contributed by atoms with van der Waals surface area (Å²) in [5.41, 5.74) is 5.10. The highest BCUT2D eigenvalue weighted by Crippen LogP contribution is 2.32. The van der Waals surface area contributed by atoms with Gasteiger partial charge in [0.25, 0.3) is 0 Å². The lowest BCUT2D eigenvalue weighted by Gasteiger charge is -2.35. The number of hydrogen-bond donors (Lipinski definition) is 3. The van der Waals surface area contributed by atoms with E-state index in [9.17, 15) is 4.79 Å². The van der Waals surface area contributed by atoms with Crippen LogP contribution in [0.4, 0.5) is 17.3 Å². The first-order chi connectivity index (χ1) is 16.9. The molecule has 4 heterocycles. The van der Waals surface area contributed by atoms with Crippen molar-refractivity contribution in [3.05, 3.63) is 48.5 Å². The van der Waals surface area contributed by atoms with Crippen molar-refractivity contribution in [2.45, 2.75) is 19.9 Å². The molecule has 1 saturated heterocycles. The summed E-state index contributed by atoms with van der Waals surface area (Å²) >= 11 is 0. The van der Waals surface area contributed by atoms with Gasteiger partial charge < -0.3 is 20.5 Å². The molecule has 0 aliphatic carbocycles. The first-order valence-corrected chi connectivity index (χ1v) is 11.8. The summed E-state index contributed by atoms with van der Waals surface area (Å²) in [6.07, 6.45) is 5.55. The van der Waals surface area contributed by atoms with E-state index in [1.165, 1.54) is 0 Å². The van der Waals surface area contributed by atoms with E-state index in [0.717, 1.165) is 65.4 Å². The Bertz CT molecular complexity index is 1350. The minimum atomic E-state index is -0.195. The molecule has 3 aromatic heterocycles. The van der Waals surface area contributed by atoms with Gasteiger partial charge in [-0.2, -0.15) is 5.10 Å². The predicted octanol–water partition coefficient (Wildman–Crippen LogP) is 2.98. The SMILES string of the molecule is Cc1nn(C)cc1Nc1nccc(-c2c[nH]c3c(NC(=O)[C@@H](C)N4CCN(C)CC4)cccc23)n1. The number of carbonyl (C=O) groups excluding carboxylic acids is 1. The second-order valence-electron chi connectivity index (χ2n) is 9.13. The molecule has 182 valence electrons. The number of hydrogen-bond acceptors (Lipinski definition) is 7. The zero-order valence-corrected chi connectivity index (χ0v) is 20.5. The number of para-hydroxylation sites is 1. The monoisotopic (exact) mass is 473 g/mol. The van der Waals surface area contributed by atoms with Crippen LogP contribution in [0.25, 0.3) is 22.2 Å². The molecule has 0 unspecified atom stereocenters. The number of benzene rings is 1. The van der Waals surface area contributed by atoms with E-state index in [4.69, 9.17) is 4.98 Å². The summed E-state index contributed by atoms with van der Waals surface area (Å²) in [5.74, 6) is 0.497. The second kappa shape index (κ2) is 9.47. The number of anilines is 3. The van der Waals surface area contributed by atoms with Gasteiger partial charge in [-0.15, -0.1) is 0 Å². The molecule has 10 heteroatoms. The van der Waals surface area contributed by atoms with Gasteiger partial charge in [0, 0.05) is 62.8 Å². The summed E-state index contributed by atoms with van der Waals surface area (Å²) in [7, 11) is 3.99. The highest BCUT2D eigenvalue weighted by Gasteiger charge is 2.25. The maximum atomic E-state index is 13.0. The molecule has 10 nitrogen and oxygen atoms in total. The van der Waals surface area contributed by atoms with Crippen LogP contribution < -0.4 is 10.6 Å². The number of likely N-dealkylation sites (N-methyl/N-ethyl adjacent to an activating group) is 1. The standard InChI is InChI=1S/C25H31N9O/c1-16-22(15-33(4)31-16)30-25-26-9-8-20(29-25)19-14-27-23-18(19)6-5-7-21(23)28-24(35)17(2)34-12-10-32(3)11-13-34/h5-9,14-15,17,27H,10-13H2,1-4H3,(H,28,35)(H,26,29,30)/t17-/m1/s1. The van der Waals surface area contributed by atoms with Crippen molar-refractivity contribution in [3.8, 4) is 11.3 Å². The maximum Gasteiger partial charge on any atom is 0.241 e. The number of aromatic amines is 1. The number of aromatic nitrogens is 5. The van der Waals surface area contributed by atoms with E-state index >= 15 is 0 Å². The third kappa shape index (κ3) is 4.75. The molecule has 0 saturated carbocycles. The van der Waals surface area contributed by atoms with Crippen LogP contribution >= 0.6 is 0 Å². The van der Waals surface area contributed by atoms with Crippen LogP contribution in [0.3, 0.4) is 0 Å². The largest absolute Gasteiger partial charge is 0.359 e. The number of carbonyl (C=O) groups is 1. The van der Waals surface area contributed by atoms with Gasteiger partial charge in [-0.25, -0.2) is 9.97 Å². The number of nitrogens with one attached hydrogen (secondary N) is 3. The van der Waals surface area contributed by atoms with Gasteiger partial charge in [-0.1, -0.05) is 12.1 Å². The Kier molecular flexibility index (Phi) is 6.23. The first kappa shape index (κ1) is 23.0. The molecule has 1 fully saturated rings. The van der Waals surface area contributed by atoms with Crippen LogP contribution in [0.2, 0.25) is 0 Å². The van der Waals surface area contributed by atoms with Gasteiger partial charge in [0.15, 0.2) is 0 Å². The minimum Gasteiger partial charge on any atom is -0.359 e. The van der Waals surface area contributed by atoms with E-state index in [1.54, 1.807) is 10.9 Å². The van der Waals surface area contributed by atoms with Crippen molar-refractivity contribution >= 4 is 34.1 Å². The van der Waals surface area contributed by atoms with Crippen molar-refractivity contribution in [2.75, 3.05) is 43.9 Å². The quantitative estimate of drug-likeness (QED) is 0.395. The molecule has 0 bridgehead atoms. The van der Waals surface area contributed by atoms with Gasteiger partial charge in [0.2, 0.25) is 11.9 Å². The van der Waals surface area contributed by atoms with Gasteiger partial charge in [-0.05, 0) is 33.0 Å². The lowest BCUT2D eigenvalue weighted by Crippen LogP contribution is -2.51. The summed E-state index contributed by atoms with van der Waals surface area (Å²) in [6, 6.07) is 7.59. The van der Waals surface area contributed by atoms with Crippen LogP contribution in [0.15, 0.2) is 42.9 Å². The van der Waals surface area contributed by atoms with Crippen molar-refractivity contribution in [1.29, 1.82) is 0 Å². The highest BCUT2D eigenvalue weighted by molar-refractivity contribution is 6.06. The Labute approximate surface area is 204 Å². The Hall–Kier alpha value is -3.76. The van der Waals surface area contributed by atoms with Crippen LogP contribution in [-0.4, -0.2) is 79.7 Å². The van der Waals surface area contributed by atoms with Crippen molar-refractivity contribution in [3.63, 3.8) is 0 Å². The van der Waals surface area contributed by atoms with Crippen molar-refractivity contribution < 1.29 is 4.79 Å². The minimum absolute atomic E-state index is 0.00133. The molecule has 5 rings (SSSR count).